The Bertz CT molecular complexity index is 614. The highest BCUT2D eigenvalue weighted by Crippen LogP contribution is 2.33. The molecule has 0 radical (unpaired) electrons. The molecule has 26 heavy (non-hydrogen) atoms. The van der Waals surface area contributed by atoms with E-state index in [9.17, 15) is 10.1 Å². The Morgan fingerprint density at radius 1 is 1.12 bits per heavy atom. The minimum atomic E-state index is -0.479. The third-order valence-electron chi connectivity index (χ3n) is 4.80. The summed E-state index contributed by atoms with van der Waals surface area (Å²) < 4.78 is 5.34. The zero-order chi connectivity index (χ0) is 18.4. The third-order valence-corrected chi connectivity index (χ3v) is 4.80. The molecule has 2 aliphatic rings. The monoisotopic (exact) mass is 365 g/mol. The Labute approximate surface area is 152 Å². The third kappa shape index (κ3) is 4.70. The van der Waals surface area contributed by atoms with E-state index in [0.29, 0.717) is 18.3 Å². The molecule has 0 amide bonds. The van der Waals surface area contributed by atoms with Crippen molar-refractivity contribution in [2.75, 3.05) is 68.4 Å². The molecule has 0 spiro atoms. The van der Waals surface area contributed by atoms with E-state index >= 15 is 0 Å². The Hall–Kier alpha value is -2.20. The molecule has 3 heterocycles. The van der Waals surface area contributed by atoms with Gasteiger partial charge in [0.2, 0.25) is 17.6 Å². The quantitative estimate of drug-likeness (QED) is 0.563. The molecule has 2 saturated heterocycles. The van der Waals surface area contributed by atoms with Crippen LogP contribution in [0.4, 0.5) is 23.3 Å². The summed E-state index contributed by atoms with van der Waals surface area (Å²) in [5.74, 6) is 0.594. The summed E-state index contributed by atoms with van der Waals surface area (Å²) in [4.78, 5) is 23.8. The number of nitro groups is 1. The first-order chi connectivity index (χ1) is 12.6. The lowest BCUT2D eigenvalue weighted by atomic mass is 10.2. The second-order valence-electron chi connectivity index (χ2n) is 6.64. The summed E-state index contributed by atoms with van der Waals surface area (Å²) in [5.41, 5.74) is 5.71. The van der Waals surface area contributed by atoms with Crippen molar-refractivity contribution in [1.82, 2.24) is 14.9 Å². The number of hydrogen-bond acceptors (Lipinski definition) is 9. The van der Waals surface area contributed by atoms with Crippen molar-refractivity contribution in [1.29, 1.82) is 0 Å². The smallest absolute Gasteiger partial charge is 0.353 e. The maximum absolute atomic E-state index is 11.5. The van der Waals surface area contributed by atoms with Crippen LogP contribution >= 0.6 is 0 Å². The second kappa shape index (κ2) is 8.95. The SMILES string of the molecule is Nc1nc(NCCN2CCOCC2)nc(N2CCCCCC2)c1[N+](=O)[O-]. The van der Waals surface area contributed by atoms with Crippen molar-refractivity contribution >= 4 is 23.3 Å². The highest BCUT2D eigenvalue weighted by molar-refractivity contribution is 5.71. The largest absolute Gasteiger partial charge is 0.379 e. The van der Waals surface area contributed by atoms with Crippen molar-refractivity contribution in [2.24, 2.45) is 0 Å². The fourth-order valence-corrected chi connectivity index (χ4v) is 3.37. The van der Waals surface area contributed by atoms with Crippen molar-refractivity contribution in [3.05, 3.63) is 10.1 Å². The van der Waals surface area contributed by atoms with Gasteiger partial charge in [0, 0.05) is 39.3 Å². The topological polar surface area (TPSA) is 123 Å². The lowest BCUT2D eigenvalue weighted by molar-refractivity contribution is -0.383. The fourth-order valence-electron chi connectivity index (χ4n) is 3.37. The van der Waals surface area contributed by atoms with E-state index in [0.717, 1.165) is 71.6 Å². The number of anilines is 3. The van der Waals surface area contributed by atoms with E-state index in [-0.39, 0.29) is 11.5 Å². The molecule has 0 aliphatic carbocycles. The summed E-state index contributed by atoms with van der Waals surface area (Å²) in [7, 11) is 0. The van der Waals surface area contributed by atoms with Gasteiger partial charge in [-0.3, -0.25) is 15.0 Å². The highest BCUT2D eigenvalue weighted by atomic mass is 16.6. The van der Waals surface area contributed by atoms with Gasteiger partial charge in [-0.05, 0) is 12.8 Å². The molecule has 3 N–H and O–H groups in total. The van der Waals surface area contributed by atoms with Crippen LogP contribution < -0.4 is 16.0 Å². The van der Waals surface area contributed by atoms with Gasteiger partial charge < -0.3 is 20.7 Å². The van der Waals surface area contributed by atoms with Crippen molar-refractivity contribution in [2.45, 2.75) is 25.7 Å². The number of nitrogens with one attached hydrogen (secondary N) is 1. The van der Waals surface area contributed by atoms with Crippen LogP contribution in [0.15, 0.2) is 0 Å². The molecule has 144 valence electrons. The number of nitrogens with two attached hydrogens (primary N) is 1. The van der Waals surface area contributed by atoms with Gasteiger partial charge in [0.25, 0.3) is 0 Å². The Kier molecular flexibility index (Phi) is 6.40. The average Bonchev–Trinajstić information content (AvgIpc) is 2.91. The van der Waals surface area contributed by atoms with Crippen LogP contribution in [0.2, 0.25) is 0 Å². The number of rotatable bonds is 6. The zero-order valence-electron chi connectivity index (χ0n) is 15.0. The van der Waals surface area contributed by atoms with Crippen LogP contribution in [-0.2, 0) is 4.74 Å². The lowest BCUT2D eigenvalue weighted by Crippen LogP contribution is -2.39. The first kappa shape index (κ1) is 18.6. The van der Waals surface area contributed by atoms with Gasteiger partial charge in [-0.15, -0.1) is 0 Å². The summed E-state index contributed by atoms with van der Waals surface area (Å²) in [5, 5.41) is 14.6. The average molecular weight is 365 g/mol. The van der Waals surface area contributed by atoms with Crippen molar-refractivity contribution in [3.63, 3.8) is 0 Å². The van der Waals surface area contributed by atoms with Gasteiger partial charge in [0.05, 0.1) is 18.1 Å². The normalized spacial score (nSPS) is 19.2. The molecular formula is C16H27N7O3. The molecule has 0 atom stereocenters. The van der Waals surface area contributed by atoms with Gasteiger partial charge in [-0.1, -0.05) is 12.8 Å². The predicted octanol–water partition coefficient (Wildman–Crippen LogP) is 1.09. The van der Waals surface area contributed by atoms with Crippen LogP contribution in [0.5, 0.6) is 0 Å². The Morgan fingerprint density at radius 3 is 2.46 bits per heavy atom. The molecular weight excluding hydrogens is 338 g/mol. The number of hydrogen-bond donors (Lipinski definition) is 2. The van der Waals surface area contributed by atoms with E-state index in [1.807, 2.05) is 4.90 Å². The van der Waals surface area contributed by atoms with E-state index < -0.39 is 4.92 Å². The molecule has 2 aliphatic heterocycles. The van der Waals surface area contributed by atoms with Crippen molar-refractivity contribution in [3.8, 4) is 0 Å². The van der Waals surface area contributed by atoms with Gasteiger partial charge >= 0.3 is 5.69 Å². The van der Waals surface area contributed by atoms with Crippen LogP contribution in [0.25, 0.3) is 0 Å². The Morgan fingerprint density at radius 2 is 1.81 bits per heavy atom. The van der Waals surface area contributed by atoms with Crippen molar-refractivity contribution < 1.29 is 9.66 Å². The lowest BCUT2D eigenvalue weighted by Gasteiger charge is -2.26. The van der Waals surface area contributed by atoms with E-state index in [4.69, 9.17) is 10.5 Å². The number of nitrogens with zero attached hydrogens (tertiary/aromatic N) is 5. The first-order valence-corrected chi connectivity index (χ1v) is 9.26. The molecule has 3 rings (SSSR count). The zero-order valence-corrected chi connectivity index (χ0v) is 15.0. The van der Waals surface area contributed by atoms with E-state index in [1.165, 1.54) is 0 Å². The van der Waals surface area contributed by atoms with Crippen LogP contribution in [-0.4, -0.2) is 72.3 Å². The Balaban J connectivity index is 1.72. The number of nitrogen functional groups attached to an aromatic ring is 1. The molecule has 0 bridgehead atoms. The second-order valence-corrected chi connectivity index (χ2v) is 6.64. The molecule has 0 saturated carbocycles. The highest BCUT2D eigenvalue weighted by Gasteiger charge is 2.27. The maximum atomic E-state index is 11.5. The number of aromatic nitrogens is 2. The van der Waals surface area contributed by atoms with Crippen LogP contribution in [0.3, 0.4) is 0 Å². The molecule has 0 aromatic carbocycles. The summed E-state index contributed by atoms with van der Waals surface area (Å²) in [6.45, 7) is 6.31. The summed E-state index contributed by atoms with van der Waals surface area (Å²) >= 11 is 0. The van der Waals surface area contributed by atoms with Gasteiger partial charge in [-0.25, -0.2) is 0 Å². The maximum Gasteiger partial charge on any atom is 0.353 e. The minimum absolute atomic E-state index is 0.0851. The van der Waals surface area contributed by atoms with Gasteiger partial charge in [0.15, 0.2) is 0 Å². The molecule has 1 aromatic rings. The number of morpholine rings is 1. The van der Waals surface area contributed by atoms with Gasteiger partial charge in [0.1, 0.15) is 0 Å². The standard InChI is InChI=1S/C16H27N7O3/c17-14-13(23(24)25)15(22-6-3-1-2-4-7-22)20-16(19-14)18-5-8-21-9-11-26-12-10-21/h1-12H2,(H3,17,18,19,20). The first-order valence-electron chi connectivity index (χ1n) is 9.26. The minimum Gasteiger partial charge on any atom is -0.379 e. The molecule has 0 unspecified atom stereocenters. The molecule has 10 heteroatoms. The van der Waals surface area contributed by atoms with E-state index in [1.54, 1.807) is 0 Å². The van der Waals surface area contributed by atoms with Crippen LogP contribution in [0.1, 0.15) is 25.7 Å². The summed E-state index contributed by atoms with van der Waals surface area (Å²) in [6.07, 6.45) is 4.27. The summed E-state index contributed by atoms with van der Waals surface area (Å²) in [6, 6.07) is 0. The van der Waals surface area contributed by atoms with Crippen LogP contribution in [0, 0.1) is 10.1 Å². The number of ether oxygens (including phenoxy) is 1. The molecule has 1 aromatic heterocycles. The molecule has 2 fully saturated rings. The van der Waals surface area contributed by atoms with E-state index in [2.05, 4.69) is 20.2 Å². The molecule has 10 nitrogen and oxygen atoms in total. The predicted molar refractivity (Wildman–Crippen MR) is 99.5 cm³/mol. The van der Waals surface area contributed by atoms with Gasteiger partial charge in [-0.2, -0.15) is 9.97 Å². The fraction of sp³-hybridized carbons (Fsp3) is 0.750.